The monoisotopic (exact) mass is 236 g/mol. The highest BCUT2D eigenvalue weighted by atomic mass is 16.5. The average molecular weight is 236 g/mol. The second-order valence-corrected chi connectivity index (χ2v) is 4.55. The fourth-order valence-corrected chi connectivity index (χ4v) is 2.49. The van der Waals surface area contributed by atoms with Gasteiger partial charge in [-0.05, 0) is 47.2 Å². The smallest absolute Gasteiger partial charge is 0.118 e. The maximum atomic E-state index is 5.20. The summed E-state index contributed by atoms with van der Waals surface area (Å²) in [6.45, 7) is 0. The van der Waals surface area contributed by atoms with Gasteiger partial charge in [0.15, 0.2) is 0 Å². The van der Waals surface area contributed by atoms with Crippen molar-refractivity contribution in [1.29, 1.82) is 0 Å². The van der Waals surface area contributed by atoms with E-state index in [0.29, 0.717) is 0 Å². The molecule has 0 bridgehead atoms. The van der Waals surface area contributed by atoms with Gasteiger partial charge in [-0.2, -0.15) is 0 Å². The third-order valence-corrected chi connectivity index (χ3v) is 3.46. The molecule has 2 aromatic carbocycles. The van der Waals surface area contributed by atoms with Crippen molar-refractivity contribution in [3.8, 4) is 16.9 Å². The highest BCUT2D eigenvalue weighted by molar-refractivity contribution is 5.78. The molecular weight excluding hydrogens is 220 g/mol. The van der Waals surface area contributed by atoms with Crippen LogP contribution in [0.4, 0.5) is 0 Å². The topological polar surface area (TPSA) is 9.23 Å². The SMILES string of the molecule is COc1ccc(-c2cccc3c2C=CCC3)cc1. The summed E-state index contributed by atoms with van der Waals surface area (Å²) >= 11 is 0. The van der Waals surface area contributed by atoms with E-state index in [2.05, 4.69) is 42.5 Å². The number of hydrogen-bond acceptors (Lipinski definition) is 1. The maximum Gasteiger partial charge on any atom is 0.118 e. The summed E-state index contributed by atoms with van der Waals surface area (Å²) in [5, 5.41) is 0. The van der Waals surface area contributed by atoms with Gasteiger partial charge in [-0.25, -0.2) is 0 Å². The van der Waals surface area contributed by atoms with Gasteiger partial charge in [0.2, 0.25) is 0 Å². The number of aryl methyl sites for hydroxylation is 1. The van der Waals surface area contributed by atoms with Gasteiger partial charge in [0, 0.05) is 0 Å². The van der Waals surface area contributed by atoms with E-state index in [4.69, 9.17) is 4.74 Å². The van der Waals surface area contributed by atoms with Crippen LogP contribution in [0.3, 0.4) is 0 Å². The molecule has 0 atom stereocenters. The van der Waals surface area contributed by atoms with Gasteiger partial charge in [0.1, 0.15) is 5.75 Å². The number of methoxy groups -OCH3 is 1. The summed E-state index contributed by atoms with van der Waals surface area (Å²) in [5.41, 5.74) is 5.38. The number of fused-ring (bicyclic) bond motifs is 1. The van der Waals surface area contributed by atoms with Crippen LogP contribution >= 0.6 is 0 Å². The average Bonchev–Trinajstić information content (AvgIpc) is 2.47. The van der Waals surface area contributed by atoms with E-state index in [1.165, 1.54) is 22.3 Å². The molecule has 0 amide bonds. The van der Waals surface area contributed by atoms with Crippen molar-refractivity contribution < 1.29 is 4.74 Å². The zero-order chi connectivity index (χ0) is 12.4. The lowest BCUT2D eigenvalue weighted by molar-refractivity contribution is 0.415. The van der Waals surface area contributed by atoms with Gasteiger partial charge >= 0.3 is 0 Å². The number of allylic oxidation sites excluding steroid dienone is 1. The molecular formula is C17H16O. The highest BCUT2D eigenvalue weighted by Crippen LogP contribution is 2.31. The largest absolute Gasteiger partial charge is 0.497 e. The normalized spacial score (nSPS) is 13.2. The molecule has 3 rings (SSSR count). The van der Waals surface area contributed by atoms with Crippen LogP contribution in [0.1, 0.15) is 17.5 Å². The van der Waals surface area contributed by atoms with E-state index in [1.54, 1.807) is 7.11 Å². The van der Waals surface area contributed by atoms with Crippen molar-refractivity contribution in [1.82, 2.24) is 0 Å². The Labute approximate surface area is 108 Å². The minimum Gasteiger partial charge on any atom is -0.497 e. The second kappa shape index (κ2) is 4.69. The van der Waals surface area contributed by atoms with Crippen molar-refractivity contribution in [2.45, 2.75) is 12.8 Å². The zero-order valence-electron chi connectivity index (χ0n) is 10.5. The fraction of sp³-hybridized carbons (Fsp3) is 0.176. The molecule has 0 heterocycles. The van der Waals surface area contributed by atoms with Gasteiger partial charge in [-0.15, -0.1) is 0 Å². The molecule has 0 aliphatic heterocycles. The molecule has 2 aromatic rings. The highest BCUT2D eigenvalue weighted by Gasteiger charge is 2.10. The fourth-order valence-electron chi connectivity index (χ4n) is 2.49. The first-order valence-corrected chi connectivity index (χ1v) is 6.31. The summed E-state index contributed by atoms with van der Waals surface area (Å²) in [4.78, 5) is 0. The summed E-state index contributed by atoms with van der Waals surface area (Å²) in [6, 6.07) is 14.8. The van der Waals surface area contributed by atoms with Crippen LogP contribution in [-0.4, -0.2) is 7.11 Å². The third kappa shape index (κ3) is 1.92. The Morgan fingerprint density at radius 1 is 1.00 bits per heavy atom. The molecule has 0 fully saturated rings. The Morgan fingerprint density at radius 3 is 2.61 bits per heavy atom. The first-order chi connectivity index (χ1) is 8.88. The maximum absolute atomic E-state index is 5.20. The molecule has 0 N–H and O–H groups in total. The van der Waals surface area contributed by atoms with Crippen molar-refractivity contribution in [3.05, 3.63) is 59.7 Å². The summed E-state index contributed by atoms with van der Waals surface area (Å²) < 4.78 is 5.20. The predicted molar refractivity (Wildman–Crippen MR) is 75.8 cm³/mol. The number of benzene rings is 2. The van der Waals surface area contributed by atoms with Crippen LogP contribution < -0.4 is 4.74 Å². The molecule has 0 aromatic heterocycles. The van der Waals surface area contributed by atoms with Crippen molar-refractivity contribution in [2.75, 3.05) is 7.11 Å². The standard InChI is InChI=1S/C17H16O/c1-18-15-11-9-14(10-12-15)17-8-4-6-13-5-2-3-7-16(13)17/h3-4,6-12H,2,5H2,1H3. The Hall–Kier alpha value is -2.02. The third-order valence-electron chi connectivity index (χ3n) is 3.46. The Balaban J connectivity index is 2.09. The van der Waals surface area contributed by atoms with Crippen LogP contribution in [0.2, 0.25) is 0 Å². The Bertz CT molecular complexity index is 579. The lowest BCUT2D eigenvalue weighted by atomic mass is 9.90. The molecule has 1 nitrogen and oxygen atoms in total. The minimum absolute atomic E-state index is 0.902. The molecule has 0 unspecified atom stereocenters. The van der Waals surface area contributed by atoms with Gasteiger partial charge in [-0.1, -0.05) is 42.5 Å². The lowest BCUT2D eigenvalue weighted by Crippen LogP contribution is -1.96. The van der Waals surface area contributed by atoms with Crippen LogP contribution in [0.25, 0.3) is 17.2 Å². The van der Waals surface area contributed by atoms with Crippen LogP contribution in [0.5, 0.6) is 5.75 Å². The van der Waals surface area contributed by atoms with Gasteiger partial charge in [0.25, 0.3) is 0 Å². The number of ether oxygens (including phenoxy) is 1. The first-order valence-electron chi connectivity index (χ1n) is 6.31. The number of rotatable bonds is 2. The van der Waals surface area contributed by atoms with E-state index >= 15 is 0 Å². The van der Waals surface area contributed by atoms with Crippen molar-refractivity contribution in [3.63, 3.8) is 0 Å². The molecule has 0 saturated carbocycles. The van der Waals surface area contributed by atoms with E-state index in [0.717, 1.165) is 18.6 Å². The van der Waals surface area contributed by atoms with Crippen molar-refractivity contribution >= 4 is 6.08 Å². The summed E-state index contributed by atoms with van der Waals surface area (Å²) in [6.07, 6.45) is 6.81. The molecule has 0 saturated heterocycles. The predicted octanol–water partition coefficient (Wildman–Crippen LogP) is 4.32. The van der Waals surface area contributed by atoms with Crippen LogP contribution in [0.15, 0.2) is 48.5 Å². The van der Waals surface area contributed by atoms with E-state index in [1.807, 2.05) is 12.1 Å². The molecule has 0 radical (unpaired) electrons. The zero-order valence-corrected chi connectivity index (χ0v) is 10.5. The Morgan fingerprint density at radius 2 is 1.83 bits per heavy atom. The molecule has 1 aliphatic rings. The summed E-state index contributed by atoms with van der Waals surface area (Å²) in [7, 11) is 1.70. The van der Waals surface area contributed by atoms with Gasteiger partial charge < -0.3 is 4.74 Å². The second-order valence-electron chi connectivity index (χ2n) is 4.55. The van der Waals surface area contributed by atoms with Gasteiger partial charge in [0.05, 0.1) is 7.11 Å². The lowest BCUT2D eigenvalue weighted by Gasteiger charge is -2.15. The van der Waals surface area contributed by atoms with E-state index in [-0.39, 0.29) is 0 Å². The van der Waals surface area contributed by atoms with E-state index in [9.17, 15) is 0 Å². The molecule has 1 heteroatoms. The Kier molecular flexibility index (Phi) is 2.89. The molecule has 1 aliphatic carbocycles. The summed E-state index contributed by atoms with van der Waals surface area (Å²) in [5.74, 6) is 0.902. The van der Waals surface area contributed by atoms with Crippen LogP contribution in [0, 0.1) is 0 Å². The quantitative estimate of drug-likeness (QED) is 0.754. The molecule has 0 spiro atoms. The minimum atomic E-state index is 0.902. The van der Waals surface area contributed by atoms with Crippen LogP contribution in [-0.2, 0) is 6.42 Å². The van der Waals surface area contributed by atoms with Gasteiger partial charge in [-0.3, -0.25) is 0 Å². The number of hydrogen-bond donors (Lipinski definition) is 0. The molecule has 90 valence electrons. The molecule has 18 heavy (non-hydrogen) atoms. The van der Waals surface area contributed by atoms with E-state index < -0.39 is 0 Å². The van der Waals surface area contributed by atoms with Crippen molar-refractivity contribution in [2.24, 2.45) is 0 Å². The first kappa shape index (κ1) is 11.1.